The van der Waals surface area contributed by atoms with Crippen molar-refractivity contribution in [1.82, 2.24) is 16.2 Å². The standard InChI is InChI=1S/C20H28N4O3S/c1-2-17(25)21-16-11-9-15(10-12-16)19(27)23-24-20(28)22-18(26)13-8-14-6-4-3-5-7-14/h9-12,14H,2-8,13H2,1H3,(H,21,25)(H,23,27)(H2,22,24,26,28). The van der Waals surface area contributed by atoms with E-state index >= 15 is 0 Å². The van der Waals surface area contributed by atoms with Gasteiger partial charge in [0.2, 0.25) is 11.8 Å². The molecule has 0 atom stereocenters. The first-order valence-electron chi connectivity index (χ1n) is 9.78. The van der Waals surface area contributed by atoms with Crippen molar-refractivity contribution in [2.24, 2.45) is 5.92 Å². The van der Waals surface area contributed by atoms with Crippen molar-refractivity contribution in [3.8, 4) is 0 Å². The summed E-state index contributed by atoms with van der Waals surface area (Å²) in [5.74, 6) is -0.00484. The van der Waals surface area contributed by atoms with Crippen LogP contribution in [0.5, 0.6) is 0 Å². The van der Waals surface area contributed by atoms with Crippen molar-refractivity contribution < 1.29 is 14.4 Å². The summed E-state index contributed by atoms with van der Waals surface area (Å²) in [4.78, 5) is 35.5. The fraction of sp³-hybridized carbons (Fsp3) is 0.500. The van der Waals surface area contributed by atoms with Crippen molar-refractivity contribution in [1.29, 1.82) is 0 Å². The molecule has 0 unspecified atom stereocenters. The summed E-state index contributed by atoms with van der Waals surface area (Å²) in [5, 5.41) is 5.36. The third-order valence-electron chi connectivity index (χ3n) is 4.80. The first-order chi connectivity index (χ1) is 13.5. The first kappa shape index (κ1) is 21.8. The van der Waals surface area contributed by atoms with Crippen molar-refractivity contribution in [3.05, 3.63) is 29.8 Å². The highest BCUT2D eigenvalue weighted by atomic mass is 32.1. The van der Waals surface area contributed by atoms with Crippen LogP contribution in [-0.4, -0.2) is 22.8 Å². The summed E-state index contributed by atoms with van der Waals surface area (Å²) in [6.07, 6.45) is 7.91. The smallest absolute Gasteiger partial charge is 0.269 e. The highest BCUT2D eigenvalue weighted by Crippen LogP contribution is 2.27. The van der Waals surface area contributed by atoms with Gasteiger partial charge in [0.05, 0.1) is 0 Å². The molecule has 1 aliphatic carbocycles. The lowest BCUT2D eigenvalue weighted by atomic mass is 9.86. The van der Waals surface area contributed by atoms with Crippen LogP contribution in [-0.2, 0) is 9.59 Å². The van der Waals surface area contributed by atoms with E-state index in [9.17, 15) is 14.4 Å². The van der Waals surface area contributed by atoms with Gasteiger partial charge in [0, 0.05) is 24.1 Å². The molecule has 1 aromatic rings. The Labute approximate surface area is 171 Å². The van der Waals surface area contributed by atoms with E-state index in [4.69, 9.17) is 12.2 Å². The molecule has 0 spiro atoms. The zero-order chi connectivity index (χ0) is 20.4. The molecule has 3 amide bonds. The Morgan fingerprint density at radius 3 is 2.32 bits per heavy atom. The molecule has 0 saturated heterocycles. The summed E-state index contributed by atoms with van der Waals surface area (Å²) >= 11 is 5.05. The predicted octanol–water partition coefficient (Wildman–Crippen LogP) is 3.03. The van der Waals surface area contributed by atoms with Crippen LogP contribution in [0.4, 0.5) is 5.69 Å². The highest BCUT2D eigenvalue weighted by molar-refractivity contribution is 7.80. The normalized spacial score (nSPS) is 14.0. The molecule has 1 fully saturated rings. The number of nitrogens with one attached hydrogen (secondary N) is 4. The van der Waals surface area contributed by atoms with Crippen LogP contribution in [0.25, 0.3) is 0 Å². The topological polar surface area (TPSA) is 99.3 Å². The second-order valence-electron chi connectivity index (χ2n) is 6.98. The highest BCUT2D eigenvalue weighted by Gasteiger charge is 2.15. The summed E-state index contributed by atoms with van der Waals surface area (Å²) in [5.41, 5.74) is 6.00. The van der Waals surface area contributed by atoms with Crippen molar-refractivity contribution in [3.63, 3.8) is 0 Å². The average molecular weight is 405 g/mol. The van der Waals surface area contributed by atoms with Crippen LogP contribution in [0.15, 0.2) is 24.3 Å². The Morgan fingerprint density at radius 1 is 1.00 bits per heavy atom. The quantitative estimate of drug-likeness (QED) is 0.431. The van der Waals surface area contributed by atoms with Gasteiger partial charge in [0.1, 0.15) is 0 Å². The number of thiocarbonyl (C=S) groups is 1. The maximum absolute atomic E-state index is 12.1. The fourth-order valence-electron chi connectivity index (χ4n) is 3.17. The Bertz CT molecular complexity index is 700. The molecule has 152 valence electrons. The number of hydrogen-bond acceptors (Lipinski definition) is 4. The maximum Gasteiger partial charge on any atom is 0.269 e. The summed E-state index contributed by atoms with van der Waals surface area (Å²) in [6.45, 7) is 1.76. The van der Waals surface area contributed by atoms with Crippen molar-refractivity contribution in [2.75, 3.05) is 5.32 Å². The Morgan fingerprint density at radius 2 is 1.68 bits per heavy atom. The van der Waals surface area contributed by atoms with Gasteiger partial charge in [-0.05, 0) is 48.8 Å². The lowest BCUT2D eigenvalue weighted by Crippen LogP contribution is -2.48. The van der Waals surface area contributed by atoms with Gasteiger partial charge in [-0.15, -0.1) is 0 Å². The van der Waals surface area contributed by atoms with Crippen LogP contribution in [0.3, 0.4) is 0 Å². The second-order valence-corrected chi connectivity index (χ2v) is 7.39. The fourth-order valence-corrected chi connectivity index (χ4v) is 3.34. The Hall–Kier alpha value is -2.48. The van der Waals surface area contributed by atoms with Gasteiger partial charge in [-0.2, -0.15) is 0 Å². The Kier molecular flexibility index (Phi) is 8.87. The maximum atomic E-state index is 12.1. The van der Waals surface area contributed by atoms with Gasteiger partial charge >= 0.3 is 0 Å². The molecule has 0 aromatic heterocycles. The van der Waals surface area contributed by atoms with Gasteiger partial charge in [-0.1, -0.05) is 39.0 Å². The van der Waals surface area contributed by atoms with Gasteiger partial charge < -0.3 is 10.6 Å². The minimum atomic E-state index is -0.396. The van der Waals surface area contributed by atoms with Crippen molar-refractivity contribution >= 4 is 40.7 Å². The number of hydrazine groups is 1. The molecular weight excluding hydrogens is 376 g/mol. The van der Waals surface area contributed by atoms with Crippen LogP contribution in [0.1, 0.15) is 68.6 Å². The molecule has 1 saturated carbocycles. The number of benzene rings is 1. The van der Waals surface area contributed by atoms with Crippen LogP contribution < -0.4 is 21.5 Å². The van der Waals surface area contributed by atoms with E-state index in [2.05, 4.69) is 21.5 Å². The minimum absolute atomic E-state index is 0.0637. The number of anilines is 1. The van der Waals surface area contributed by atoms with Gasteiger partial charge in [-0.25, -0.2) is 0 Å². The van der Waals surface area contributed by atoms with Gasteiger partial charge in [0.25, 0.3) is 5.91 Å². The lowest BCUT2D eigenvalue weighted by molar-refractivity contribution is -0.120. The van der Waals surface area contributed by atoms with Crippen LogP contribution >= 0.6 is 12.2 Å². The molecule has 0 heterocycles. The number of amides is 3. The molecule has 4 N–H and O–H groups in total. The number of carbonyl (C=O) groups is 3. The van der Waals surface area contributed by atoms with E-state index in [1.165, 1.54) is 32.1 Å². The van der Waals surface area contributed by atoms with E-state index in [-0.39, 0.29) is 16.9 Å². The van der Waals surface area contributed by atoms with Crippen LogP contribution in [0.2, 0.25) is 0 Å². The van der Waals surface area contributed by atoms with E-state index in [1.807, 2.05) is 0 Å². The molecule has 1 aliphatic rings. The largest absolute Gasteiger partial charge is 0.326 e. The molecule has 28 heavy (non-hydrogen) atoms. The summed E-state index contributed by atoms with van der Waals surface area (Å²) < 4.78 is 0. The molecule has 0 bridgehead atoms. The number of carbonyl (C=O) groups excluding carboxylic acids is 3. The van der Waals surface area contributed by atoms with Crippen molar-refractivity contribution in [2.45, 2.75) is 58.3 Å². The minimum Gasteiger partial charge on any atom is -0.326 e. The van der Waals surface area contributed by atoms with E-state index in [0.29, 0.717) is 30.0 Å². The average Bonchev–Trinajstić information content (AvgIpc) is 2.71. The second kappa shape index (κ2) is 11.4. The lowest BCUT2D eigenvalue weighted by Gasteiger charge is -2.21. The summed E-state index contributed by atoms with van der Waals surface area (Å²) in [7, 11) is 0. The number of rotatable bonds is 6. The molecule has 1 aromatic carbocycles. The van der Waals surface area contributed by atoms with Crippen LogP contribution in [0, 0.1) is 5.92 Å². The molecule has 7 nitrogen and oxygen atoms in total. The first-order valence-corrected chi connectivity index (χ1v) is 10.2. The Balaban J connectivity index is 1.68. The van der Waals surface area contributed by atoms with E-state index in [1.54, 1.807) is 31.2 Å². The SMILES string of the molecule is CCC(=O)Nc1ccc(C(=O)NNC(=S)NC(=O)CCC2CCCCC2)cc1. The zero-order valence-electron chi connectivity index (χ0n) is 16.2. The zero-order valence-corrected chi connectivity index (χ0v) is 17.0. The van der Waals surface area contributed by atoms with Gasteiger partial charge in [0.15, 0.2) is 5.11 Å². The molecule has 0 aliphatic heterocycles. The van der Waals surface area contributed by atoms with E-state index in [0.717, 1.165) is 6.42 Å². The predicted molar refractivity (Wildman–Crippen MR) is 113 cm³/mol. The number of hydrogen-bond donors (Lipinski definition) is 4. The molecule has 0 radical (unpaired) electrons. The molecule has 2 rings (SSSR count). The third-order valence-corrected chi connectivity index (χ3v) is 5.00. The molecule has 8 heteroatoms. The monoisotopic (exact) mass is 404 g/mol. The van der Waals surface area contributed by atoms with Gasteiger partial charge in [-0.3, -0.25) is 25.2 Å². The third kappa shape index (κ3) is 7.64. The van der Waals surface area contributed by atoms with E-state index < -0.39 is 5.91 Å². The molecular formula is C20H28N4O3S. The summed E-state index contributed by atoms with van der Waals surface area (Å²) in [6, 6.07) is 6.48.